The van der Waals surface area contributed by atoms with E-state index in [4.69, 9.17) is 12.2 Å². The molecule has 0 aliphatic heterocycles. The lowest BCUT2D eigenvalue weighted by Gasteiger charge is -2.03. The average Bonchev–Trinajstić information content (AvgIpc) is 2.63. The van der Waals surface area contributed by atoms with Gasteiger partial charge in [-0.25, -0.2) is 8.78 Å². The van der Waals surface area contributed by atoms with Crippen molar-refractivity contribution in [3.63, 3.8) is 0 Å². The Kier molecular flexibility index (Phi) is 3.09. The zero-order chi connectivity index (χ0) is 11.5. The quantitative estimate of drug-likeness (QED) is 0.838. The largest absolute Gasteiger partial charge is 0.298 e. The van der Waals surface area contributed by atoms with E-state index in [9.17, 15) is 8.78 Å². The normalized spacial score (nSPS) is 10.6. The highest BCUT2D eigenvalue weighted by atomic mass is 32.1. The summed E-state index contributed by atoms with van der Waals surface area (Å²) in [4.78, 5) is 0. The number of benzene rings is 1. The monoisotopic (exact) mass is 241 g/mol. The van der Waals surface area contributed by atoms with E-state index in [1.54, 1.807) is 16.7 Å². The van der Waals surface area contributed by atoms with Gasteiger partial charge in [-0.3, -0.25) is 9.67 Å². The van der Waals surface area contributed by atoms with Crippen LogP contribution in [-0.2, 0) is 6.54 Å². The van der Waals surface area contributed by atoms with Gasteiger partial charge >= 0.3 is 0 Å². The third kappa shape index (κ3) is 2.01. The van der Waals surface area contributed by atoms with Crippen molar-refractivity contribution in [1.29, 1.82) is 0 Å². The number of rotatable bonds is 3. The Hall–Kier alpha value is -1.56. The molecule has 0 saturated carbocycles. The number of aromatic nitrogens is 3. The smallest absolute Gasteiger partial charge is 0.195 e. The molecule has 0 atom stereocenters. The minimum atomic E-state index is -0.526. The summed E-state index contributed by atoms with van der Waals surface area (Å²) >= 11 is 4.97. The van der Waals surface area contributed by atoms with Gasteiger partial charge in [0.2, 0.25) is 0 Å². The Balaban J connectivity index is 2.47. The van der Waals surface area contributed by atoms with Gasteiger partial charge in [0, 0.05) is 5.56 Å². The molecule has 0 aliphatic carbocycles. The lowest BCUT2D eigenvalue weighted by molar-refractivity contribution is 0.445. The van der Waals surface area contributed by atoms with Crippen LogP contribution in [0.1, 0.15) is 0 Å². The van der Waals surface area contributed by atoms with E-state index >= 15 is 0 Å². The van der Waals surface area contributed by atoms with Crippen LogP contribution in [0.15, 0.2) is 24.3 Å². The van der Waals surface area contributed by atoms with Crippen molar-refractivity contribution < 1.29 is 8.78 Å². The van der Waals surface area contributed by atoms with Gasteiger partial charge in [0.1, 0.15) is 12.5 Å². The van der Waals surface area contributed by atoms with Crippen LogP contribution < -0.4 is 0 Å². The Morgan fingerprint density at radius 2 is 2.00 bits per heavy atom. The first-order chi connectivity index (χ1) is 7.72. The molecule has 0 spiro atoms. The maximum atomic E-state index is 12.7. The first kappa shape index (κ1) is 10.9. The van der Waals surface area contributed by atoms with Crippen molar-refractivity contribution in [2.24, 2.45) is 0 Å². The van der Waals surface area contributed by atoms with Gasteiger partial charge in [0.15, 0.2) is 10.6 Å². The molecule has 0 unspecified atom stereocenters. The van der Waals surface area contributed by atoms with Gasteiger partial charge in [-0.2, -0.15) is 5.10 Å². The van der Waals surface area contributed by atoms with E-state index in [-0.39, 0.29) is 12.4 Å². The van der Waals surface area contributed by atoms with Gasteiger partial charge in [-0.05, 0) is 36.5 Å². The van der Waals surface area contributed by atoms with Crippen LogP contribution in [0.4, 0.5) is 8.78 Å². The fourth-order valence-corrected chi connectivity index (χ4v) is 1.65. The molecule has 1 N–H and O–H groups in total. The van der Waals surface area contributed by atoms with Crippen LogP contribution in [0, 0.1) is 10.6 Å². The molecule has 84 valence electrons. The van der Waals surface area contributed by atoms with Gasteiger partial charge in [0.05, 0.1) is 6.54 Å². The summed E-state index contributed by atoms with van der Waals surface area (Å²) < 4.78 is 27.0. The number of hydrogen-bond acceptors (Lipinski definition) is 2. The second-order valence-electron chi connectivity index (χ2n) is 3.20. The van der Waals surface area contributed by atoms with Crippen LogP contribution in [0.3, 0.4) is 0 Å². The zero-order valence-corrected chi connectivity index (χ0v) is 9.10. The molecule has 2 rings (SSSR count). The fraction of sp³-hybridized carbons (Fsp3) is 0.200. The molecule has 1 aromatic heterocycles. The second kappa shape index (κ2) is 4.52. The molecule has 16 heavy (non-hydrogen) atoms. The molecule has 0 amide bonds. The highest BCUT2D eigenvalue weighted by molar-refractivity contribution is 7.71. The molecule has 0 bridgehead atoms. The van der Waals surface area contributed by atoms with E-state index in [1.165, 1.54) is 12.1 Å². The number of hydrogen-bond donors (Lipinski definition) is 1. The SMILES string of the molecule is FCCn1c(-c2ccc(F)cc2)n[nH]c1=S. The first-order valence-corrected chi connectivity index (χ1v) is 5.10. The lowest BCUT2D eigenvalue weighted by Crippen LogP contribution is -2.02. The minimum Gasteiger partial charge on any atom is -0.298 e. The summed E-state index contributed by atoms with van der Waals surface area (Å²) in [6.07, 6.45) is 0. The van der Waals surface area contributed by atoms with Crippen molar-refractivity contribution >= 4 is 12.2 Å². The summed E-state index contributed by atoms with van der Waals surface area (Å²) in [5, 5.41) is 6.58. The number of nitrogens with zero attached hydrogens (tertiary/aromatic N) is 2. The van der Waals surface area contributed by atoms with E-state index < -0.39 is 6.67 Å². The molecule has 1 aromatic carbocycles. The van der Waals surface area contributed by atoms with E-state index in [2.05, 4.69) is 10.2 Å². The summed E-state index contributed by atoms with van der Waals surface area (Å²) in [6, 6.07) is 5.81. The van der Waals surface area contributed by atoms with Gasteiger partial charge in [-0.1, -0.05) is 0 Å². The summed E-state index contributed by atoms with van der Waals surface area (Å²) in [7, 11) is 0. The van der Waals surface area contributed by atoms with E-state index in [1.807, 2.05) is 0 Å². The third-order valence-corrected chi connectivity index (χ3v) is 2.48. The van der Waals surface area contributed by atoms with Crippen LogP contribution in [0.2, 0.25) is 0 Å². The molecule has 0 radical (unpaired) electrons. The molecule has 1 heterocycles. The molecule has 3 nitrogen and oxygen atoms in total. The number of halogens is 2. The first-order valence-electron chi connectivity index (χ1n) is 4.69. The van der Waals surface area contributed by atoms with Crippen molar-refractivity contribution in [1.82, 2.24) is 14.8 Å². The number of aromatic amines is 1. The molecule has 0 aliphatic rings. The van der Waals surface area contributed by atoms with Crippen molar-refractivity contribution in [3.8, 4) is 11.4 Å². The highest BCUT2D eigenvalue weighted by Crippen LogP contribution is 2.17. The topological polar surface area (TPSA) is 33.6 Å². The fourth-order valence-electron chi connectivity index (χ4n) is 1.43. The maximum absolute atomic E-state index is 12.7. The van der Waals surface area contributed by atoms with Gasteiger partial charge in [0.25, 0.3) is 0 Å². The van der Waals surface area contributed by atoms with Crippen LogP contribution in [0.25, 0.3) is 11.4 Å². The van der Waals surface area contributed by atoms with Crippen molar-refractivity contribution in [3.05, 3.63) is 34.9 Å². The maximum Gasteiger partial charge on any atom is 0.195 e. The second-order valence-corrected chi connectivity index (χ2v) is 3.59. The predicted octanol–water partition coefficient (Wildman–Crippen LogP) is 2.72. The van der Waals surface area contributed by atoms with E-state index in [0.717, 1.165) is 0 Å². The van der Waals surface area contributed by atoms with Crippen LogP contribution >= 0.6 is 12.2 Å². The van der Waals surface area contributed by atoms with Crippen LogP contribution in [0.5, 0.6) is 0 Å². The molecule has 0 fully saturated rings. The third-order valence-electron chi connectivity index (χ3n) is 2.17. The van der Waals surface area contributed by atoms with E-state index in [0.29, 0.717) is 16.2 Å². The predicted molar refractivity (Wildman–Crippen MR) is 58.8 cm³/mol. The van der Waals surface area contributed by atoms with Gasteiger partial charge in [-0.15, -0.1) is 0 Å². The van der Waals surface area contributed by atoms with Gasteiger partial charge < -0.3 is 0 Å². The number of alkyl halides is 1. The molecular formula is C10H9F2N3S. The summed E-state index contributed by atoms with van der Waals surface area (Å²) in [6.45, 7) is -0.385. The van der Waals surface area contributed by atoms with Crippen molar-refractivity contribution in [2.75, 3.05) is 6.67 Å². The Morgan fingerprint density at radius 3 is 2.62 bits per heavy atom. The average molecular weight is 241 g/mol. The Bertz CT molecular complexity index is 530. The number of nitrogens with one attached hydrogen (secondary N) is 1. The molecule has 2 aromatic rings. The highest BCUT2D eigenvalue weighted by Gasteiger charge is 2.08. The van der Waals surface area contributed by atoms with Crippen molar-refractivity contribution in [2.45, 2.75) is 6.54 Å². The summed E-state index contributed by atoms with van der Waals surface area (Å²) in [5.74, 6) is 0.192. The minimum absolute atomic E-state index is 0.141. The Labute approximate surface area is 95.7 Å². The standard InChI is InChI=1S/C10H9F2N3S/c11-5-6-15-9(13-14-10(15)16)7-1-3-8(12)4-2-7/h1-4H,5-6H2,(H,14,16). The molecule has 6 heteroatoms. The Morgan fingerprint density at radius 1 is 1.31 bits per heavy atom. The zero-order valence-electron chi connectivity index (χ0n) is 8.28. The lowest BCUT2D eigenvalue weighted by atomic mass is 10.2. The molecule has 0 saturated heterocycles. The summed E-state index contributed by atoms with van der Waals surface area (Å²) in [5.41, 5.74) is 0.696. The number of H-pyrrole nitrogens is 1. The van der Waals surface area contributed by atoms with Crippen LogP contribution in [-0.4, -0.2) is 21.4 Å². The molecular weight excluding hydrogens is 232 g/mol.